The SMILES string of the molecule is Oc1ccc2c(c1)c1cc(-c3ccc4c5cc(O)ccc5n(-c5cccc(-c6ccccc6)c5)c4c3)ccc1n2-c1ccc(-c2ccccc2)cc1. The Hall–Kier alpha value is -7.04. The van der Waals surface area contributed by atoms with Crippen molar-refractivity contribution in [3.8, 4) is 56.3 Å². The molecule has 0 aliphatic heterocycles. The summed E-state index contributed by atoms with van der Waals surface area (Å²) in [6.45, 7) is 0. The van der Waals surface area contributed by atoms with E-state index < -0.39 is 0 Å². The molecule has 4 heteroatoms. The minimum absolute atomic E-state index is 0.239. The summed E-state index contributed by atoms with van der Waals surface area (Å²) in [7, 11) is 0. The van der Waals surface area contributed by atoms with Crippen molar-refractivity contribution in [1.82, 2.24) is 9.13 Å². The van der Waals surface area contributed by atoms with E-state index in [1.807, 2.05) is 36.4 Å². The molecule has 0 saturated heterocycles. The Labute approximate surface area is 300 Å². The fraction of sp³-hybridized carbons (Fsp3) is 0. The van der Waals surface area contributed by atoms with Crippen LogP contribution >= 0.6 is 0 Å². The molecule has 0 unspecified atom stereocenters. The fourth-order valence-electron chi connectivity index (χ4n) is 7.82. The molecule has 0 radical (unpaired) electrons. The first-order valence-corrected chi connectivity index (χ1v) is 17.5. The van der Waals surface area contributed by atoms with Gasteiger partial charge < -0.3 is 19.3 Å². The second kappa shape index (κ2) is 11.8. The normalized spacial score (nSPS) is 11.6. The quantitative estimate of drug-likeness (QED) is 0.192. The molecule has 2 heterocycles. The van der Waals surface area contributed by atoms with Crippen LogP contribution in [0.4, 0.5) is 0 Å². The second-order valence-electron chi connectivity index (χ2n) is 13.4. The van der Waals surface area contributed by atoms with Crippen molar-refractivity contribution in [3.05, 3.63) is 182 Å². The Morgan fingerprint density at radius 3 is 1.40 bits per heavy atom. The van der Waals surface area contributed by atoms with E-state index in [9.17, 15) is 10.2 Å². The predicted molar refractivity (Wildman–Crippen MR) is 215 cm³/mol. The molecule has 52 heavy (non-hydrogen) atoms. The molecular formula is C48H32N2O2. The van der Waals surface area contributed by atoms with Gasteiger partial charge in [-0.15, -0.1) is 0 Å². The zero-order valence-corrected chi connectivity index (χ0v) is 28.1. The molecule has 0 aliphatic rings. The van der Waals surface area contributed by atoms with Crippen LogP contribution in [0.15, 0.2) is 182 Å². The van der Waals surface area contributed by atoms with Gasteiger partial charge in [0.1, 0.15) is 11.5 Å². The molecule has 0 fully saturated rings. The summed E-state index contributed by atoms with van der Waals surface area (Å²) in [5, 5.41) is 25.3. The summed E-state index contributed by atoms with van der Waals surface area (Å²) in [4.78, 5) is 0. The van der Waals surface area contributed by atoms with Gasteiger partial charge in [-0.05, 0) is 112 Å². The number of aromatic hydroxyl groups is 2. The van der Waals surface area contributed by atoms with Gasteiger partial charge in [-0.1, -0.05) is 103 Å². The third-order valence-electron chi connectivity index (χ3n) is 10.3. The van der Waals surface area contributed by atoms with Gasteiger partial charge in [-0.2, -0.15) is 0 Å². The molecule has 4 nitrogen and oxygen atoms in total. The minimum Gasteiger partial charge on any atom is -0.508 e. The fourth-order valence-corrected chi connectivity index (χ4v) is 7.82. The van der Waals surface area contributed by atoms with Crippen molar-refractivity contribution in [3.63, 3.8) is 0 Å². The van der Waals surface area contributed by atoms with Crippen LogP contribution in [0, 0.1) is 0 Å². The van der Waals surface area contributed by atoms with Gasteiger partial charge in [0, 0.05) is 32.9 Å². The van der Waals surface area contributed by atoms with E-state index in [-0.39, 0.29) is 11.5 Å². The van der Waals surface area contributed by atoms with E-state index >= 15 is 0 Å². The number of hydrogen-bond acceptors (Lipinski definition) is 2. The van der Waals surface area contributed by atoms with E-state index in [0.29, 0.717) is 0 Å². The third-order valence-corrected chi connectivity index (χ3v) is 10.3. The lowest BCUT2D eigenvalue weighted by Gasteiger charge is -2.12. The molecule has 0 amide bonds. The number of rotatable bonds is 5. The van der Waals surface area contributed by atoms with Crippen LogP contribution in [0.2, 0.25) is 0 Å². The van der Waals surface area contributed by atoms with Crippen LogP contribution in [0.25, 0.3) is 88.4 Å². The number of phenols is 2. The van der Waals surface area contributed by atoms with Crippen molar-refractivity contribution in [2.45, 2.75) is 0 Å². The van der Waals surface area contributed by atoms with Gasteiger partial charge in [0.25, 0.3) is 0 Å². The lowest BCUT2D eigenvalue weighted by atomic mass is 10.0. The Kier molecular flexibility index (Phi) is 6.76. The average Bonchev–Trinajstić information content (AvgIpc) is 3.69. The Balaban J connectivity index is 1.14. The maximum absolute atomic E-state index is 10.6. The minimum atomic E-state index is 0.239. The molecule has 0 atom stereocenters. The highest BCUT2D eigenvalue weighted by molar-refractivity contribution is 6.13. The molecule has 0 saturated carbocycles. The summed E-state index contributed by atoms with van der Waals surface area (Å²) >= 11 is 0. The first-order valence-electron chi connectivity index (χ1n) is 17.5. The molecular weight excluding hydrogens is 637 g/mol. The van der Waals surface area contributed by atoms with Gasteiger partial charge >= 0.3 is 0 Å². The van der Waals surface area contributed by atoms with E-state index in [1.54, 1.807) is 12.1 Å². The molecule has 0 spiro atoms. The number of nitrogens with zero attached hydrogens (tertiary/aromatic N) is 2. The Bertz CT molecular complexity index is 2960. The molecule has 10 rings (SSSR count). The lowest BCUT2D eigenvalue weighted by molar-refractivity contribution is 0.475. The van der Waals surface area contributed by atoms with E-state index in [0.717, 1.165) is 77.2 Å². The summed E-state index contributed by atoms with van der Waals surface area (Å²) < 4.78 is 4.57. The largest absolute Gasteiger partial charge is 0.508 e. The summed E-state index contributed by atoms with van der Waals surface area (Å²) in [6.07, 6.45) is 0. The molecule has 10 aromatic rings. The molecule has 0 aliphatic carbocycles. The number of hydrogen-bond donors (Lipinski definition) is 2. The Morgan fingerprint density at radius 2 is 0.731 bits per heavy atom. The van der Waals surface area contributed by atoms with Gasteiger partial charge in [0.05, 0.1) is 22.1 Å². The van der Waals surface area contributed by atoms with Crippen LogP contribution in [0.5, 0.6) is 11.5 Å². The zero-order chi connectivity index (χ0) is 34.8. The van der Waals surface area contributed by atoms with E-state index in [2.05, 4.69) is 143 Å². The monoisotopic (exact) mass is 668 g/mol. The molecule has 8 aromatic carbocycles. The summed E-state index contributed by atoms with van der Waals surface area (Å²) in [5.74, 6) is 0.483. The topological polar surface area (TPSA) is 50.3 Å². The van der Waals surface area contributed by atoms with Crippen molar-refractivity contribution < 1.29 is 10.2 Å². The van der Waals surface area contributed by atoms with Crippen LogP contribution in [-0.4, -0.2) is 19.3 Å². The lowest BCUT2D eigenvalue weighted by Crippen LogP contribution is -1.95. The van der Waals surface area contributed by atoms with Crippen molar-refractivity contribution in [2.75, 3.05) is 0 Å². The van der Waals surface area contributed by atoms with Crippen molar-refractivity contribution in [2.24, 2.45) is 0 Å². The van der Waals surface area contributed by atoms with Crippen LogP contribution in [0.1, 0.15) is 0 Å². The first kappa shape index (κ1) is 29.8. The van der Waals surface area contributed by atoms with Crippen LogP contribution in [-0.2, 0) is 0 Å². The smallest absolute Gasteiger partial charge is 0.116 e. The highest BCUT2D eigenvalue weighted by atomic mass is 16.3. The highest BCUT2D eigenvalue weighted by Crippen LogP contribution is 2.40. The van der Waals surface area contributed by atoms with Crippen molar-refractivity contribution in [1.29, 1.82) is 0 Å². The Morgan fingerprint density at radius 1 is 0.269 bits per heavy atom. The van der Waals surface area contributed by atoms with Gasteiger partial charge in [0.2, 0.25) is 0 Å². The summed E-state index contributed by atoms with van der Waals surface area (Å²) in [5.41, 5.74) is 13.1. The molecule has 2 N–H and O–H groups in total. The first-order chi connectivity index (χ1) is 25.6. The zero-order valence-electron chi connectivity index (χ0n) is 28.1. The maximum atomic E-state index is 10.6. The van der Waals surface area contributed by atoms with Crippen LogP contribution < -0.4 is 0 Å². The number of phenolic OH excluding ortho intramolecular Hbond substituents is 2. The summed E-state index contributed by atoms with van der Waals surface area (Å²) in [6, 6.07) is 62.6. The second-order valence-corrected chi connectivity index (χ2v) is 13.4. The number of benzene rings is 8. The van der Waals surface area contributed by atoms with E-state index in [1.165, 1.54) is 11.1 Å². The van der Waals surface area contributed by atoms with Gasteiger partial charge in [-0.25, -0.2) is 0 Å². The molecule has 246 valence electrons. The highest BCUT2D eigenvalue weighted by Gasteiger charge is 2.17. The van der Waals surface area contributed by atoms with Crippen LogP contribution in [0.3, 0.4) is 0 Å². The van der Waals surface area contributed by atoms with Gasteiger partial charge in [-0.3, -0.25) is 0 Å². The third kappa shape index (κ3) is 4.84. The molecule has 2 aromatic heterocycles. The standard InChI is InChI=1S/C48H32N2O2/c51-39-20-24-46-43(29-39)41-22-16-36(28-48(41)50(46)38-13-7-12-34(26-38)32-10-5-2-6-11-32)35-17-23-45-42(27-35)44-30-40(52)21-25-47(44)49(45)37-18-14-33(15-19-37)31-8-3-1-4-9-31/h1-30,51-52H. The number of aromatic nitrogens is 2. The van der Waals surface area contributed by atoms with E-state index in [4.69, 9.17) is 0 Å². The van der Waals surface area contributed by atoms with Crippen molar-refractivity contribution >= 4 is 43.6 Å². The maximum Gasteiger partial charge on any atom is 0.116 e. The molecule has 0 bridgehead atoms. The number of fused-ring (bicyclic) bond motifs is 6. The predicted octanol–water partition coefficient (Wildman–Crippen LogP) is 12.3. The average molecular weight is 669 g/mol. The van der Waals surface area contributed by atoms with Gasteiger partial charge in [0.15, 0.2) is 0 Å².